The minimum atomic E-state index is 0.528. The van der Waals surface area contributed by atoms with Gasteiger partial charge < -0.3 is 10.1 Å². The van der Waals surface area contributed by atoms with Crippen molar-refractivity contribution in [2.45, 2.75) is 32.7 Å². The van der Waals surface area contributed by atoms with E-state index in [1.807, 2.05) is 13.0 Å². The van der Waals surface area contributed by atoms with Crippen molar-refractivity contribution in [1.29, 1.82) is 5.26 Å². The Morgan fingerprint density at radius 2 is 2.11 bits per heavy atom. The molecule has 1 aromatic rings. The van der Waals surface area contributed by atoms with Crippen LogP contribution in [0, 0.1) is 11.3 Å². The van der Waals surface area contributed by atoms with E-state index in [0.29, 0.717) is 35.4 Å². The number of ether oxygens (including phenoxy) is 1. The molecule has 0 aliphatic rings. The van der Waals surface area contributed by atoms with Gasteiger partial charge in [-0.15, -0.1) is 0 Å². The van der Waals surface area contributed by atoms with Crippen LogP contribution in [-0.2, 0) is 6.54 Å². The molecule has 0 unspecified atom stereocenters. The summed E-state index contributed by atoms with van der Waals surface area (Å²) in [7, 11) is 0. The number of hydrogen-bond acceptors (Lipinski definition) is 3. The first kappa shape index (κ1) is 16.1. The summed E-state index contributed by atoms with van der Waals surface area (Å²) >= 11 is 12.2. The van der Waals surface area contributed by atoms with Crippen LogP contribution in [-0.4, -0.2) is 13.2 Å². The first-order chi connectivity index (χ1) is 9.19. The number of nitrogens with one attached hydrogen (secondary N) is 1. The van der Waals surface area contributed by atoms with Gasteiger partial charge in [-0.25, -0.2) is 0 Å². The van der Waals surface area contributed by atoms with Crippen LogP contribution in [0.5, 0.6) is 5.75 Å². The van der Waals surface area contributed by atoms with Gasteiger partial charge in [-0.05, 0) is 31.5 Å². The lowest BCUT2D eigenvalue weighted by Crippen LogP contribution is -2.13. The molecule has 0 amide bonds. The van der Waals surface area contributed by atoms with Gasteiger partial charge in [-0.2, -0.15) is 5.26 Å². The van der Waals surface area contributed by atoms with Crippen molar-refractivity contribution in [2.24, 2.45) is 0 Å². The summed E-state index contributed by atoms with van der Waals surface area (Å²) in [4.78, 5) is 0. The maximum Gasteiger partial charge on any atom is 0.142 e. The quantitative estimate of drug-likeness (QED) is 0.733. The van der Waals surface area contributed by atoms with Crippen molar-refractivity contribution in [3.05, 3.63) is 27.7 Å². The molecule has 1 rings (SSSR count). The average molecular weight is 301 g/mol. The summed E-state index contributed by atoms with van der Waals surface area (Å²) in [6.07, 6.45) is 2.24. The molecule has 19 heavy (non-hydrogen) atoms. The van der Waals surface area contributed by atoms with Crippen LogP contribution >= 0.6 is 23.2 Å². The molecule has 0 aromatic heterocycles. The summed E-state index contributed by atoms with van der Waals surface area (Å²) in [5, 5.41) is 12.8. The lowest BCUT2D eigenvalue weighted by Gasteiger charge is -2.14. The van der Waals surface area contributed by atoms with Crippen LogP contribution in [0.4, 0.5) is 0 Å². The largest absolute Gasteiger partial charge is 0.492 e. The molecule has 3 nitrogen and oxygen atoms in total. The summed E-state index contributed by atoms with van der Waals surface area (Å²) in [6.45, 7) is 4.13. The van der Waals surface area contributed by atoms with E-state index < -0.39 is 0 Å². The Balaban J connectivity index is 2.66. The van der Waals surface area contributed by atoms with Crippen molar-refractivity contribution in [3.63, 3.8) is 0 Å². The minimum Gasteiger partial charge on any atom is -0.492 e. The summed E-state index contributed by atoms with van der Waals surface area (Å²) in [5.74, 6) is 0.684. The SMILES string of the molecule is CCNCc1cc(Cl)cc(Cl)c1OCCCCC#N. The molecule has 0 radical (unpaired) electrons. The van der Waals surface area contributed by atoms with Gasteiger partial charge in [0, 0.05) is 23.6 Å². The van der Waals surface area contributed by atoms with E-state index >= 15 is 0 Å². The molecule has 0 saturated heterocycles. The standard InChI is InChI=1S/C14H18Cl2N2O/c1-2-18-10-11-8-12(15)9-13(16)14(11)19-7-5-3-4-6-17/h8-9,18H,2-5,7,10H2,1H3. The van der Waals surface area contributed by atoms with Gasteiger partial charge in [0.25, 0.3) is 0 Å². The highest BCUT2D eigenvalue weighted by Gasteiger charge is 2.10. The van der Waals surface area contributed by atoms with E-state index in [1.54, 1.807) is 6.07 Å². The van der Waals surface area contributed by atoms with E-state index in [2.05, 4.69) is 11.4 Å². The Hall–Kier alpha value is -0.950. The van der Waals surface area contributed by atoms with E-state index in [9.17, 15) is 0 Å². The Bertz CT molecular complexity index is 444. The molecule has 0 atom stereocenters. The molecule has 0 bridgehead atoms. The lowest BCUT2D eigenvalue weighted by molar-refractivity contribution is 0.304. The second kappa shape index (κ2) is 9.03. The van der Waals surface area contributed by atoms with E-state index in [0.717, 1.165) is 24.9 Å². The molecule has 1 N–H and O–H groups in total. The van der Waals surface area contributed by atoms with Crippen LogP contribution in [0.3, 0.4) is 0 Å². The van der Waals surface area contributed by atoms with Gasteiger partial charge >= 0.3 is 0 Å². The zero-order valence-electron chi connectivity index (χ0n) is 11.0. The van der Waals surface area contributed by atoms with Crippen molar-refractivity contribution in [1.82, 2.24) is 5.32 Å². The van der Waals surface area contributed by atoms with E-state index in [-0.39, 0.29) is 0 Å². The maximum atomic E-state index is 8.46. The van der Waals surface area contributed by atoms with E-state index in [4.69, 9.17) is 33.2 Å². The van der Waals surface area contributed by atoms with Gasteiger partial charge in [0.1, 0.15) is 5.75 Å². The molecule has 0 fully saturated rings. The van der Waals surface area contributed by atoms with Gasteiger partial charge in [0.2, 0.25) is 0 Å². The molecule has 0 heterocycles. The molecule has 0 aliphatic heterocycles. The Morgan fingerprint density at radius 1 is 1.32 bits per heavy atom. The fraction of sp³-hybridized carbons (Fsp3) is 0.500. The third-order valence-corrected chi connectivity index (χ3v) is 3.08. The highest BCUT2D eigenvalue weighted by Crippen LogP contribution is 2.32. The molecule has 5 heteroatoms. The molecule has 1 aromatic carbocycles. The van der Waals surface area contributed by atoms with E-state index in [1.165, 1.54) is 0 Å². The van der Waals surface area contributed by atoms with Crippen LogP contribution in [0.25, 0.3) is 0 Å². The highest BCUT2D eigenvalue weighted by atomic mass is 35.5. The number of nitriles is 1. The van der Waals surface area contributed by atoms with Gasteiger partial charge in [-0.3, -0.25) is 0 Å². The van der Waals surface area contributed by atoms with Crippen LogP contribution in [0.2, 0.25) is 10.0 Å². The number of benzene rings is 1. The molecule has 0 saturated carbocycles. The van der Waals surface area contributed by atoms with Crippen molar-refractivity contribution < 1.29 is 4.74 Å². The fourth-order valence-corrected chi connectivity index (χ4v) is 2.24. The minimum absolute atomic E-state index is 0.528. The Kier molecular flexibility index (Phi) is 7.66. The van der Waals surface area contributed by atoms with Crippen molar-refractivity contribution >= 4 is 23.2 Å². The number of unbranched alkanes of at least 4 members (excludes halogenated alkanes) is 2. The first-order valence-electron chi connectivity index (χ1n) is 6.37. The summed E-state index contributed by atoms with van der Waals surface area (Å²) < 4.78 is 5.73. The fourth-order valence-electron chi connectivity index (χ4n) is 1.65. The second-order valence-electron chi connectivity index (χ2n) is 4.12. The van der Waals surface area contributed by atoms with Gasteiger partial charge in [-0.1, -0.05) is 30.1 Å². The summed E-state index contributed by atoms with van der Waals surface area (Å²) in [6, 6.07) is 5.66. The maximum absolute atomic E-state index is 8.46. The predicted octanol–water partition coefficient (Wildman–Crippen LogP) is 4.18. The molecular formula is C14H18Cl2N2O. The topological polar surface area (TPSA) is 45.0 Å². The van der Waals surface area contributed by atoms with Crippen molar-refractivity contribution in [3.8, 4) is 11.8 Å². The van der Waals surface area contributed by atoms with Crippen LogP contribution in [0.1, 0.15) is 31.7 Å². The van der Waals surface area contributed by atoms with Gasteiger partial charge in [0.05, 0.1) is 17.7 Å². The smallest absolute Gasteiger partial charge is 0.142 e. The highest BCUT2D eigenvalue weighted by molar-refractivity contribution is 6.35. The molecule has 0 aliphatic carbocycles. The van der Waals surface area contributed by atoms with Crippen LogP contribution < -0.4 is 10.1 Å². The molecular weight excluding hydrogens is 283 g/mol. The lowest BCUT2D eigenvalue weighted by atomic mass is 10.2. The second-order valence-corrected chi connectivity index (χ2v) is 4.96. The number of rotatable bonds is 8. The van der Waals surface area contributed by atoms with Crippen LogP contribution in [0.15, 0.2) is 12.1 Å². The molecule has 104 valence electrons. The third-order valence-electron chi connectivity index (χ3n) is 2.58. The predicted molar refractivity (Wildman–Crippen MR) is 78.8 cm³/mol. The Labute approximate surface area is 124 Å². The zero-order chi connectivity index (χ0) is 14.1. The molecule has 0 spiro atoms. The summed E-state index contributed by atoms with van der Waals surface area (Å²) in [5.41, 5.74) is 0.958. The number of halogens is 2. The normalized spacial score (nSPS) is 10.2. The zero-order valence-corrected chi connectivity index (χ0v) is 12.5. The Morgan fingerprint density at radius 3 is 2.79 bits per heavy atom. The monoisotopic (exact) mass is 300 g/mol. The number of hydrogen-bond donors (Lipinski definition) is 1. The number of nitrogens with zero attached hydrogens (tertiary/aromatic N) is 1. The first-order valence-corrected chi connectivity index (χ1v) is 7.13. The van der Waals surface area contributed by atoms with Gasteiger partial charge in [0.15, 0.2) is 0 Å². The average Bonchev–Trinajstić information content (AvgIpc) is 2.38. The van der Waals surface area contributed by atoms with Crippen molar-refractivity contribution in [2.75, 3.05) is 13.2 Å². The third kappa shape index (κ3) is 5.69.